The maximum atomic E-state index is 12.1. The van der Waals surface area contributed by atoms with Crippen molar-refractivity contribution in [2.75, 3.05) is 0 Å². The maximum Gasteiger partial charge on any atom is 0.201 e. The van der Waals surface area contributed by atoms with Crippen LogP contribution in [-0.2, 0) is 4.74 Å². The molecule has 0 saturated carbocycles. The maximum absolute atomic E-state index is 12.1. The lowest BCUT2D eigenvalue weighted by molar-refractivity contribution is 0.00859. The van der Waals surface area contributed by atoms with E-state index in [-0.39, 0.29) is 11.9 Å². The summed E-state index contributed by atoms with van der Waals surface area (Å²) in [4.78, 5) is 12.8. The fourth-order valence-electron chi connectivity index (χ4n) is 1.98. The second kappa shape index (κ2) is 8.72. The van der Waals surface area contributed by atoms with Crippen LogP contribution >= 0.6 is 22.9 Å². The first-order valence-corrected chi connectivity index (χ1v) is 8.19. The Bertz CT molecular complexity index is 389. The van der Waals surface area contributed by atoms with Crippen LogP contribution in [0.2, 0.25) is 4.34 Å². The van der Waals surface area contributed by atoms with Gasteiger partial charge in [-0.2, -0.15) is 0 Å². The minimum atomic E-state index is -0.393. The van der Waals surface area contributed by atoms with E-state index < -0.39 is 6.10 Å². The topological polar surface area (TPSA) is 26.3 Å². The minimum Gasteiger partial charge on any atom is -0.367 e. The summed E-state index contributed by atoms with van der Waals surface area (Å²) in [5, 5.41) is 0. The van der Waals surface area contributed by atoms with Crippen molar-refractivity contribution >= 4 is 28.7 Å². The predicted octanol–water partition coefficient (Wildman–Crippen LogP) is 5.35. The number of ketones is 1. The molecule has 0 aliphatic rings. The van der Waals surface area contributed by atoms with Gasteiger partial charge in [0.15, 0.2) is 0 Å². The lowest BCUT2D eigenvalue weighted by Crippen LogP contribution is -2.25. The molecule has 0 fully saturated rings. The van der Waals surface area contributed by atoms with Crippen molar-refractivity contribution in [1.82, 2.24) is 0 Å². The fourth-order valence-corrected chi connectivity index (χ4v) is 3.05. The number of Topliss-reactive ketones (excluding diaryl/α,β-unsaturated/α-hetero) is 1. The van der Waals surface area contributed by atoms with Crippen molar-refractivity contribution < 1.29 is 9.53 Å². The average molecular weight is 303 g/mol. The molecular formula is C15H23ClO2S. The van der Waals surface area contributed by atoms with Gasteiger partial charge in [0.05, 0.1) is 15.3 Å². The molecule has 0 amide bonds. The number of carbonyl (C=O) groups excluding carboxylic acids is 1. The third-order valence-electron chi connectivity index (χ3n) is 3.09. The number of hydrogen-bond acceptors (Lipinski definition) is 3. The van der Waals surface area contributed by atoms with E-state index in [2.05, 4.69) is 6.92 Å². The Labute approximate surface area is 125 Å². The Morgan fingerprint density at radius 1 is 1.32 bits per heavy atom. The molecule has 1 rings (SSSR count). The number of halogens is 1. The van der Waals surface area contributed by atoms with E-state index in [9.17, 15) is 4.79 Å². The van der Waals surface area contributed by atoms with E-state index in [1.807, 2.05) is 13.8 Å². The zero-order valence-corrected chi connectivity index (χ0v) is 13.5. The van der Waals surface area contributed by atoms with E-state index >= 15 is 0 Å². The van der Waals surface area contributed by atoms with Gasteiger partial charge in [-0.3, -0.25) is 4.79 Å². The summed E-state index contributed by atoms with van der Waals surface area (Å²) >= 11 is 7.15. The van der Waals surface area contributed by atoms with Crippen LogP contribution in [0.1, 0.15) is 62.5 Å². The third-order valence-corrected chi connectivity index (χ3v) is 4.33. The van der Waals surface area contributed by atoms with Crippen molar-refractivity contribution in [3.63, 3.8) is 0 Å². The lowest BCUT2D eigenvalue weighted by atomic mass is 10.1. The van der Waals surface area contributed by atoms with E-state index in [0.29, 0.717) is 9.21 Å². The number of thiophene rings is 1. The first kappa shape index (κ1) is 16.7. The molecule has 1 aromatic rings. The minimum absolute atomic E-state index is 0.0253. The molecule has 0 radical (unpaired) electrons. The van der Waals surface area contributed by atoms with Crippen LogP contribution in [0.4, 0.5) is 0 Å². The molecule has 0 aromatic carbocycles. The molecule has 108 valence electrons. The fraction of sp³-hybridized carbons (Fsp3) is 0.667. The summed E-state index contributed by atoms with van der Waals surface area (Å²) < 4.78 is 6.41. The first-order valence-electron chi connectivity index (χ1n) is 6.99. The van der Waals surface area contributed by atoms with Crippen molar-refractivity contribution in [3.8, 4) is 0 Å². The molecule has 1 aromatic heterocycles. The molecule has 0 aliphatic carbocycles. The van der Waals surface area contributed by atoms with Gasteiger partial charge in [-0.15, -0.1) is 11.3 Å². The third kappa shape index (κ3) is 6.07. The van der Waals surface area contributed by atoms with Crippen LogP contribution in [0.5, 0.6) is 0 Å². The zero-order valence-electron chi connectivity index (χ0n) is 11.9. The van der Waals surface area contributed by atoms with Gasteiger partial charge in [0.25, 0.3) is 0 Å². The molecule has 0 aliphatic heterocycles. The number of unbranched alkanes of at least 4 members (excludes halogenated alkanes) is 3. The van der Waals surface area contributed by atoms with Crippen LogP contribution in [0, 0.1) is 0 Å². The summed E-state index contributed by atoms with van der Waals surface area (Å²) in [5.74, 6) is 0.0253. The van der Waals surface area contributed by atoms with Gasteiger partial charge >= 0.3 is 0 Å². The van der Waals surface area contributed by atoms with E-state index in [0.717, 1.165) is 6.42 Å². The summed E-state index contributed by atoms with van der Waals surface area (Å²) in [6, 6.07) is 3.52. The number of ether oxygens (including phenoxy) is 1. The van der Waals surface area contributed by atoms with Gasteiger partial charge in [0.2, 0.25) is 5.78 Å². The second-order valence-corrected chi connectivity index (χ2v) is 6.62. The number of hydrogen-bond donors (Lipinski definition) is 0. The van der Waals surface area contributed by atoms with E-state index in [1.54, 1.807) is 12.1 Å². The number of rotatable bonds is 9. The van der Waals surface area contributed by atoms with Crippen LogP contribution in [-0.4, -0.2) is 18.0 Å². The Morgan fingerprint density at radius 2 is 2.05 bits per heavy atom. The standard InChI is InChI=1S/C15H23ClO2S/c1-4-5-6-7-8-11(2)18-12(3)15(17)13-9-10-14(16)19-13/h9-12H,4-8H2,1-3H3. The molecule has 1 heterocycles. The van der Waals surface area contributed by atoms with Crippen LogP contribution < -0.4 is 0 Å². The van der Waals surface area contributed by atoms with Gasteiger partial charge < -0.3 is 4.74 Å². The van der Waals surface area contributed by atoms with Gasteiger partial charge in [0.1, 0.15) is 6.10 Å². The highest BCUT2D eigenvalue weighted by Crippen LogP contribution is 2.23. The molecular weight excluding hydrogens is 280 g/mol. The number of carbonyl (C=O) groups is 1. The first-order chi connectivity index (χ1) is 9.04. The quantitative estimate of drug-likeness (QED) is 0.454. The molecule has 2 unspecified atom stereocenters. The van der Waals surface area contributed by atoms with Crippen molar-refractivity contribution in [1.29, 1.82) is 0 Å². The predicted molar refractivity (Wildman–Crippen MR) is 82.4 cm³/mol. The Balaban J connectivity index is 2.33. The largest absolute Gasteiger partial charge is 0.367 e. The molecule has 2 atom stereocenters. The van der Waals surface area contributed by atoms with Gasteiger partial charge in [-0.1, -0.05) is 44.2 Å². The summed E-state index contributed by atoms with van der Waals surface area (Å²) in [5.41, 5.74) is 0. The van der Waals surface area contributed by atoms with Crippen LogP contribution in [0.3, 0.4) is 0 Å². The molecule has 0 bridgehead atoms. The molecule has 0 spiro atoms. The Morgan fingerprint density at radius 3 is 2.63 bits per heavy atom. The average Bonchev–Trinajstić information content (AvgIpc) is 2.80. The summed E-state index contributed by atoms with van der Waals surface area (Å²) in [6.07, 6.45) is 5.68. The highest BCUT2D eigenvalue weighted by Gasteiger charge is 2.19. The van der Waals surface area contributed by atoms with Crippen molar-refractivity contribution in [2.45, 2.75) is 65.1 Å². The molecule has 4 heteroatoms. The van der Waals surface area contributed by atoms with Crippen LogP contribution in [0.25, 0.3) is 0 Å². The Hall–Kier alpha value is -0.380. The van der Waals surface area contributed by atoms with Crippen molar-refractivity contribution in [3.05, 3.63) is 21.3 Å². The van der Waals surface area contributed by atoms with Crippen LogP contribution in [0.15, 0.2) is 12.1 Å². The summed E-state index contributed by atoms with van der Waals surface area (Å²) in [6.45, 7) is 6.06. The molecule has 0 N–H and O–H groups in total. The second-order valence-electron chi connectivity index (χ2n) is 4.91. The molecule has 0 saturated heterocycles. The normalized spacial score (nSPS) is 14.3. The zero-order chi connectivity index (χ0) is 14.3. The summed E-state index contributed by atoms with van der Waals surface area (Å²) in [7, 11) is 0. The SMILES string of the molecule is CCCCCCC(C)OC(C)C(=O)c1ccc(Cl)s1. The molecule has 2 nitrogen and oxygen atoms in total. The Kier molecular flexibility index (Phi) is 7.66. The van der Waals surface area contributed by atoms with Crippen molar-refractivity contribution in [2.24, 2.45) is 0 Å². The monoisotopic (exact) mass is 302 g/mol. The van der Waals surface area contributed by atoms with Gasteiger partial charge in [0, 0.05) is 0 Å². The highest BCUT2D eigenvalue weighted by atomic mass is 35.5. The van der Waals surface area contributed by atoms with E-state index in [4.69, 9.17) is 16.3 Å². The van der Waals surface area contributed by atoms with Gasteiger partial charge in [-0.25, -0.2) is 0 Å². The van der Waals surface area contributed by atoms with Gasteiger partial charge in [-0.05, 0) is 32.4 Å². The lowest BCUT2D eigenvalue weighted by Gasteiger charge is -2.17. The smallest absolute Gasteiger partial charge is 0.201 e. The molecule has 19 heavy (non-hydrogen) atoms. The van der Waals surface area contributed by atoms with E-state index in [1.165, 1.54) is 37.0 Å². The highest BCUT2D eigenvalue weighted by molar-refractivity contribution is 7.18.